The van der Waals surface area contributed by atoms with Gasteiger partial charge in [0.05, 0.1) is 15.6 Å². The summed E-state index contributed by atoms with van der Waals surface area (Å²) in [5.74, 6) is -0.721. The first-order valence-corrected chi connectivity index (χ1v) is 15.9. The number of rotatable bonds is 2. The fourth-order valence-corrected chi connectivity index (χ4v) is 4.06. The first kappa shape index (κ1) is 64.6. The van der Waals surface area contributed by atoms with E-state index in [1.807, 2.05) is 99.9 Å². The van der Waals surface area contributed by atoms with Gasteiger partial charge in [-0.2, -0.15) is 0 Å². The third-order valence-corrected chi connectivity index (χ3v) is 5.69. The molecule has 0 aliphatic heterocycles. The summed E-state index contributed by atoms with van der Waals surface area (Å²) in [6.07, 6.45) is 2.89. The highest BCUT2D eigenvalue weighted by molar-refractivity contribution is 7.17. The van der Waals surface area contributed by atoms with Crippen molar-refractivity contribution >= 4 is 54.9 Å². The van der Waals surface area contributed by atoms with Gasteiger partial charge in [-0.15, -0.1) is 22.7 Å². The first-order chi connectivity index (χ1) is 19.5. The van der Waals surface area contributed by atoms with Crippen molar-refractivity contribution in [2.24, 2.45) is 0 Å². The number of hydrogen-bond acceptors (Lipinski definition) is 6. The highest BCUT2D eigenvalue weighted by Crippen LogP contribution is 2.15. The van der Waals surface area contributed by atoms with E-state index in [1.165, 1.54) is 49.2 Å². The number of aromatic nitrogens is 2. The number of carbonyl (C=O) groups excluding carboxylic acids is 2. The third kappa shape index (κ3) is 20.4. The van der Waals surface area contributed by atoms with E-state index in [4.69, 9.17) is 0 Å². The monoisotopic (exact) mass is 676 g/mol. The molecule has 2 amide bonds. The quantitative estimate of drug-likeness (QED) is 0.169. The van der Waals surface area contributed by atoms with Crippen LogP contribution in [0.3, 0.4) is 0 Å². The fraction of sp³-hybridized carbons (Fsp3) is 0.543. The summed E-state index contributed by atoms with van der Waals surface area (Å²) >= 11 is 2.77. The topological polar surface area (TPSA) is 124 Å². The Morgan fingerprint density at radius 2 is 0.956 bits per heavy atom. The number of thiophene rings is 2. The maximum absolute atomic E-state index is 11.7. The van der Waals surface area contributed by atoms with Crippen LogP contribution in [0.5, 0.6) is 0 Å². The largest absolute Gasteiger partial charge is 0.359 e. The van der Waals surface area contributed by atoms with Gasteiger partial charge < -0.3 is 20.6 Å². The minimum Gasteiger partial charge on any atom is -0.359 e. The lowest BCUT2D eigenvalue weighted by Crippen LogP contribution is -2.25. The molecule has 0 unspecified atom stereocenters. The summed E-state index contributed by atoms with van der Waals surface area (Å²) in [5.41, 5.74) is 0.640. The Morgan fingerprint density at radius 3 is 1.38 bits per heavy atom. The Kier molecular flexibility index (Phi) is 61.6. The predicted molar refractivity (Wildman–Crippen MR) is 213 cm³/mol. The van der Waals surface area contributed by atoms with Gasteiger partial charge in [-0.25, -0.2) is 0 Å². The molecule has 10 heteroatoms. The number of fused-ring (bicyclic) bond motifs is 2. The van der Waals surface area contributed by atoms with Crippen LogP contribution in [0.15, 0.2) is 44.9 Å². The number of hydrogen-bond donors (Lipinski definition) is 4. The minimum absolute atomic E-state index is 0. The normalized spacial score (nSPS) is 7.24. The zero-order valence-corrected chi connectivity index (χ0v) is 28.5. The van der Waals surface area contributed by atoms with Crippen LogP contribution in [0.1, 0.15) is 141 Å². The van der Waals surface area contributed by atoms with Gasteiger partial charge in [-0.3, -0.25) is 19.2 Å². The van der Waals surface area contributed by atoms with Gasteiger partial charge in [0.25, 0.3) is 11.8 Å². The van der Waals surface area contributed by atoms with E-state index in [-0.39, 0.29) is 70.9 Å². The third-order valence-electron chi connectivity index (χ3n) is 3.93. The van der Waals surface area contributed by atoms with Gasteiger partial charge >= 0.3 is 0 Å². The van der Waals surface area contributed by atoms with Crippen molar-refractivity contribution in [3.8, 4) is 0 Å². The number of carbonyl (C=O) groups is 2. The zero-order valence-electron chi connectivity index (χ0n) is 26.9. The summed E-state index contributed by atoms with van der Waals surface area (Å²) in [6.45, 7) is 24.0. The van der Waals surface area contributed by atoms with E-state index in [0.29, 0.717) is 10.1 Å². The molecular weight excluding hydrogens is 605 g/mol. The minimum atomic E-state index is -0.362. The van der Waals surface area contributed by atoms with Gasteiger partial charge in [0.1, 0.15) is 16.0 Å². The van der Waals surface area contributed by atoms with E-state index in [9.17, 15) is 19.2 Å². The molecule has 8 nitrogen and oxygen atoms in total. The van der Waals surface area contributed by atoms with E-state index < -0.39 is 0 Å². The lowest BCUT2D eigenvalue weighted by Gasteiger charge is -1.98. The van der Waals surface area contributed by atoms with E-state index in [1.54, 1.807) is 6.07 Å². The molecule has 0 radical (unpaired) electrons. The SMILES string of the molecule is C.C.C.C.C.CC.CC.CC.CC.CC.CC.CNC(=O)c1c[nH]c2ccsc2c1=O.CNC(=O)c1c[nH]c2sccc2c1=O. The Morgan fingerprint density at radius 1 is 0.578 bits per heavy atom. The van der Waals surface area contributed by atoms with Crippen molar-refractivity contribution in [1.82, 2.24) is 20.6 Å². The highest BCUT2D eigenvalue weighted by Gasteiger charge is 2.12. The number of amides is 2. The fourth-order valence-electron chi connectivity index (χ4n) is 2.49. The second-order valence-electron chi connectivity index (χ2n) is 5.55. The average molecular weight is 677 g/mol. The Labute approximate surface area is 285 Å². The van der Waals surface area contributed by atoms with Crippen molar-refractivity contribution < 1.29 is 9.59 Å². The summed E-state index contributed by atoms with van der Waals surface area (Å²) < 4.78 is 0.589. The maximum atomic E-state index is 11.7. The van der Waals surface area contributed by atoms with Crippen molar-refractivity contribution in [2.75, 3.05) is 14.1 Å². The summed E-state index contributed by atoms with van der Waals surface area (Å²) in [6, 6.07) is 3.53. The summed E-state index contributed by atoms with van der Waals surface area (Å²) in [7, 11) is 3.00. The maximum Gasteiger partial charge on any atom is 0.256 e. The number of pyridine rings is 2. The molecule has 4 heterocycles. The molecule has 0 saturated carbocycles. The molecule has 0 aliphatic carbocycles. The molecule has 4 aromatic rings. The zero-order chi connectivity index (χ0) is 32.3. The van der Waals surface area contributed by atoms with Crippen LogP contribution in [-0.4, -0.2) is 35.9 Å². The molecule has 0 aromatic carbocycles. The molecule has 0 bridgehead atoms. The van der Waals surface area contributed by atoms with E-state index in [2.05, 4.69) is 20.6 Å². The molecule has 0 aliphatic rings. The lowest BCUT2D eigenvalue weighted by atomic mass is 10.2. The second kappa shape index (κ2) is 42.9. The molecule has 268 valence electrons. The highest BCUT2D eigenvalue weighted by atomic mass is 32.1. The molecule has 0 spiro atoms. The molecule has 4 rings (SSSR count). The first-order valence-electron chi connectivity index (χ1n) is 14.1. The van der Waals surface area contributed by atoms with Crippen LogP contribution >= 0.6 is 22.7 Å². The molecule has 0 atom stereocenters. The smallest absolute Gasteiger partial charge is 0.256 e. The van der Waals surface area contributed by atoms with Crippen molar-refractivity contribution in [2.45, 2.75) is 120 Å². The van der Waals surface area contributed by atoms with Crippen LogP contribution in [0.25, 0.3) is 20.4 Å². The Hall–Kier alpha value is -3.24. The molecule has 0 fully saturated rings. The summed E-state index contributed by atoms with van der Waals surface area (Å²) in [5, 5.41) is 9.05. The number of aromatic amines is 2. The van der Waals surface area contributed by atoms with Crippen LogP contribution in [0.4, 0.5) is 0 Å². The number of nitrogens with one attached hydrogen (secondary N) is 4. The van der Waals surface area contributed by atoms with Gasteiger partial charge in [0, 0.05) is 26.5 Å². The van der Waals surface area contributed by atoms with Gasteiger partial charge in [0.15, 0.2) is 0 Å². The molecule has 4 N–H and O–H groups in total. The lowest BCUT2D eigenvalue weighted by molar-refractivity contribution is 0.0954. The van der Waals surface area contributed by atoms with E-state index >= 15 is 0 Å². The Balaban J connectivity index is -0.0000000569. The average Bonchev–Trinajstić information content (AvgIpc) is 3.74. The van der Waals surface area contributed by atoms with Crippen molar-refractivity contribution in [1.29, 1.82) is 0 Å². The van der Waals surface area contributed by atoms with Crippen molar-refractivity contribution in [3.05, 3.63) is 66.9 Å². The van der Waals surface area contributed by atoms with Crippen LogP contribution < -0.4 is 21.5 Å². The molecular formula is C35H72N4O4S2. The van der Waals surface area contributed by atoms with Crippen molar-refractivity contribution in [3.63, 3.8) is 0 Å². The Bertz CT molecular complexity index is 1190. The molecule has 45 heavy (non-hydrogen) atoms. The standard InChI is InChI=1S/2C9H8N2O2S.6C2H6.5CH4/c1-10-9(13)5-4-11-6-2-3-14-8(6)7(5)12;1-10-8(13)6-4-11-9-5(7(6)12)2-3-14-9;6*1-2;;;;;/h2*2-4H,1H3,(H,10,13)(H,11,12);6*1-2H3;5*1H4. The summed E-state index contributed by atoms with van der Waals surface area (Å²) in [4.78, 5) is 52.6. The van der Waals surface area contributed by atoms with E-state index in [0.717, 1.165) is 10.3 Å². The van der Waals surface area contributed by atoms with Crippen LogP contribution in [-0.2, 0) is 0 Å². The van der Waals surface area contributed by atoms with Crippen LogP contribution in [0, 0.1) is 0 Å². The van der Waals surface area contributed by atoms with Gasteiger partial charge in [-0.05, 0) is 22.9 Å². The second-order valence-corrected chi connectivity index (χ2v) is 7.38. The van der Waals surface area contributed by atoms with Crippen LogP contribution in [0.2, 0.25) is 0 Å². The molecule has 0 saturated heterocycles. The number of H-pyrrole nitrogens is 2. The predicted octanol–water partition coefficient (Wildman–Crippen LogP) is 11.2. The van der Waals surface area contributed by atoms with Gasteiger partial charge in [0.2, 0.25) is 10.9 Å². The molecule has 4 aromatic heterocycles. The van der Waals surface area contributed by atoms with Gasteiger partial charge in [-0.1, -0.05) is 120 Å².